The van der Waals surface area contributed by atoms with Crippen LogP contribution < -0.4 is 5.73 Å². The Morgan fingerprint density at radius 1 is 1.19 bits per heavy atom. The number of rotatable bonds is 11. The number of carbonyl (C=O) groups excluding carboxylic acids is 1. The normalized spacial score (nSPS) is 12.3. The lowest BCUT2D eigenvalue weighted by Crippen LogP contribution is -2.23. The molecule has 0 aromatic heterocycles. The van der Waals surface area contributed by atoms with Gasteiger partial charge < -0.3 is 5.73 Å². The predicted octanol–water partition coefficient (Wildman–Crippen LogP) is 3.32. The fraction of sp³-hybridized carbons (Fsp3) is 0.769. The summed E-state index contributed by atoms with van der Waals surface area (Å²) in [7, 11) is 0. The fourth-order valence-electron chi connectivity index (χ4n) is 1.79. The number of primary amides is 1. The number of nitrogens with two attached hydrogens (primary N) is 1. The molecule has 0 heterocycles. The molecule has 1 unspecified atom stereocenters. The Morgan fingerprint density at radius 2 is 1.81 bits per heavy atom. The first kappa shape index (κ1) is 15.6. The van der Waals surface area contributed by atoms with Crippen LogP contribution >= 0.6 is 12.6 Å². The second-order valence-electron chi connectivity index (χ2n) is 4.25. The first-order chi connectivity index (χ1) is 7.72. The Kier molecular flexibility index (Phi) is 10.8. The van der Waals surface area contributed by atoms with E-state index in [0.717, 1.165) is 31.4 Å². The Labute approximate surface area is 105 Å². The molecule has 2 nitrogen and oxygen atoms in total. The van der Waals surface area contributed by atoms with Crippen molar-refractivity contribution in [3.8, 4) is 0 Å². The highest BCUT2D eigenvalue weighted by atomic mass is 32.1. The minimum atomic E-state index is -0.166. The van der Waals surface area contributed by atoms with Crippen LogP contribution in [0.1, 0.15) is 51.4 Å². The third kappa shape index (κ3) is 8.84. The van der Waals surface area contributed by atoms with Gasteiger partial charge in [-0.2, -0.15) is 12.6 Å². The van der Waals surface area contributed by atoms with E-state index in [9.17, 15) is 4.79 Å². The van der Waals surface area contributed by atoms with Gasteiger partial charge in [0.2, 0.25) is 5.91 Å². The highest BCUT2D eigenvalue weighted by Gasteiger charge is 2.13. The minimum absolute atomic E-state index is 0.0330. The maximum atomic E-state index is 11.1. The van der Waals surface area contributed by atoms with Gasteiger partial charge in [-0.3, -0.25) is 4.79 Å². The lowest BCUT2D eigenvalue weighted by atomic mass is 9.97. The smallest absolute Gasteiger partial charge is 0.220 e. The van der Waals surface area contributed by atoms with E-state index < -0.39 is 0 Å². The summed E-state index contributed by atoms with van der Waals surface area (Å²) in [6.45, 7) is 3.70. The Balaban J connectivity index is 3.40. The maximum Gasteiger partial charge on any atom is 0.220 e. The van der Waals surface area contributed by atoms with Crippen molar-refractivity contribution >= 4 is 18.5 Å². The van der Waals surface area contributed by atoms with E-state index in [1.54, 1.807) is 0 Å². The number of allylic oxidation sites excluding steroid dienone is 1. The van der Waals surface area contributed by atoms with Gasteiger partial charge in [0.25, 0.3) is 0 Å². The van der Waals surface area contributed by atoms with Gasteiger partial charge in [0.1, 0.15) is 0 Å². The molecule has 0 bridgehead atoms. The predicted molar refractivity (Wildman–Crippen MR) is 73.7 cm³/mol. The molecule has 0 saturated heterocycles. The molecular formula is C13H25NOS. The van der Waals surface area contributed by atoms with Gasteiger partial charge in [-0.25, -0.2) is 0 Å². The topological polar surface area (TPSA) is 43.1 Å². The zero-order valence-electron chi connectivity index (χ0n) is 10.2. The summed E-state index contributed by atoms with van der Waals surface area (Å²) in [5.74, 6) is 0.610. The molecule has 0 spiro atoms. The van der Waals surface area contributed by atoms with Gasteiger partial charge in [0.05, 0.1) is 0 Å². The molecule has 0 radical (unpaired) electrons. The van der Waals surface area contributed by atoms with Crippen molar-refractivity contribution in [2.24, 2.45) is 11.7 Å². The van der Waals surface area contributed by atoms with Gasteiger partial charge in [-0.15, -0.1) is 6.58 Å². The molecular weight excluding hydrogens is 218 g/mol. The first-order valence-corrected chi connectivity index (χ1v) is 6.86. The fourth-order valence-corrected chi connectivity index (χ4v) is 2.11. The maximum absolute atomic E-state index is 11.1. The van der Waals surface area contributed by atoms with Crippen molar-refractivity contribution in [1.29, 1.82) is 0 Å². The van der Waals surface area contributed by atoms with Gasteiger partial charge in [0, 0.05) is 5.92 Å². The third-order valence-corrected chi connectivity index (χ3v) is 3.10. The van der Waals surface area contributed by atoms with Crippen LogP contribution in [0.25, 0.3) is 0 Å². The van der Waals surface area contributed by atoms with E-state index in [1.807, 2.05) is 6.08 Å². The summed E-state index contributed by atoms with van der Waals surface area (Å²) in [6.07, 6.45) is 10.9. The first-order valence-electron chi connectivity index (χ1n) is 6.23. The van der Waals surface area contributed by atoms with Crippen LogP contribution in [0.3, 0.4) is 0 Å². The monoisotopic (exact) mass is 243 g/mol. The van der Waals surface area contributed by atoms with Gasteiger partial charge in [-0.05, 0) is 31.4 Å². The molecule has 0 rings (SSSR count). The van der Waals surface area contributed by atoms with Crippen molar-refractivity contribution in [1.82, 2.24) is 0 Å². The lowest BCUT2D eigenvalue weighted by Gasteiger charge is -2.11. The van der Waals surface area contributed by atoms with Gasteiger partial charge >= 0.3 is 0 Å². The molecule has 1 atom stereocenters. The van der Waals surface area contributed by atoms with Crippen LogP contribution in [-0.2, 0) is 4.79 Å². The summed E-state index contributed by atoms with van der Waals surface area (Å²) in [6, 6.07) is 0. The summed E-state index contributed by atoms with van der Waals surface area (Å²) >= 11 is 4.14. The number of hydrogen-bond acceptors (Lipinski definition) is 2. The van der Waals surface area contributed by atoms with Crippen LogP contribution in [0.4, 0.5) is 0 Å². The standard InChI is InChI=1S/C13H25NOS/c1-2-3-4-5-6-7-8-9-12(10-11-16)13(14)15/h2,12,16H,1,3-11H2,(H2,14,15). The van der Waals surface area contributed by atoms with E-state index in [1.165, 1.54) is 25.7 Å². The second kappa shape index (κ2) is 11.1. The van der Waals surface area contributed by atoms with Crippen LogP contribution in [0.2, 0.25) is 0 Å². The molecule has 0 aromatic carbocycles. The molecule has 94 valence electrons. The average Bonchev–Trinajstić information content (AvgIpc) is 2.26. The van der Waals surface area contributed by atoms with Crippen molar-refractivity contribution in [2.45, 2.75) is 51.4 Å². The van der Waals surface area contributed by atoms with E-state index in [4.69, 9.17) is 5.73 Å². The quantitative estimate of drug-likeness (QED) is 0.326. The van der Waals surface area contributed by atoms with E-state index in [-0.39, 0.29) is 11.8 Å². The minimum Gasteiger partial charge on any atom is -0.369 e. The molecule has 1 amide bonds. The molecule has 0 aliphatic carbocycles. The molecule has 0 saturated carbocycles. The van der Waals surface area contributed by atoms with Gasteiger partial charge in [0.15, 0.2) is 0 Å². The summed E-state index contributed by atoms with van der Waals surface area (Å²) in [4.78, 5) is 11.1. The number of carbonyl (C=O) groups is 1. The summed E-state index contributed by atoms with van der Waals surface area (Å²) in [5, 5.41) is 0. The zero-order valence-corrected chi connectivity index (χ0v) is 11.1. The van der Waals surface area contributed by atoms with Crippen molar-refractivity contribution in [2.75, 3.05) is 5.75 Å². The Bertz CT molecular complexity index is 194. The molecule has 0 aromatic rings. The highest BCUT2D eigenvalue weighted by molar-refractivity contribution is 7.80. The molecule has 2 N–H and O–H groups in total. The van der Waals surface area contributed by atoms with Crippen molar-refractivity contribution < 1.29 is 4.79 Å². The number of thiol groups is 1. The molecule has 0 fully saturated rings. The van der Waals surface area contributed by atoms with Crippen LogP contribution in [0.15, 0.2) is 12.7 Å². The molecule has 16 heavy (non-hydrogen) atoms. The lowest BCUT2D eigenvalue weighted by molar-refractivity contribution is -0.122. The van der Waals surface area contributed by atoms with Crippen molar-refractivity contribution in [3.05, 3.63) is 12.7 Å². The Hall–Kier alpha value is -0.440. The highest BCUT2D eigenvalue weighted by Crippen LogP contribution is 2.15. The molecule has 3 heteroatoms. The number of unbranched alkanes of at least 4 members (excludes halogenated alkanes) is 5. The summed E-state index contributed by atoms with van der Waals surface area (Å²) < 4.78 is 0. The summed E-state index contributed by atoms with van der Waals surface area (Å²) in [5.41, 5.74) is 5.32. The van der Waals surface area contributed by atoms with Crippen LogP contribution in [0.5, 0.6) is 0 Å². The zero-order chi connectivity index (χ0) is 12.2. The third-order valence-electron chi connectivity index (χ3n) is 2.84. The van der Waals surface area contributed by atoms with E-state index in [0.29, 0.717) is 0 Å². The van der Waals surface area contributed by atoms with Crippen LogP contribution in [-0.4, -0.2) is 11.7 Å². The van der Waals surface area contributed by atoms with E-state index in [2.05, 4.69) is 19.2 Å². The van der Waals surface area contributed by atoms with E-state index >= 15 is 0 Å². The van der Waals surface area contributed by atoms with Crippen molar-refractivity contribution in [3.63, 3.8) is 0 Å². The number of hydrogen-bond donors (Lipinski definition) is 2. The Morgan fingerprint density at radius 3 is 2.38 bits per heavy atom. The largest absolute Gasteiger partial charge is 0.369 e. The molecule has 0 aliphatic heterocycles. The molecule has 0 aliphatic rings. The second-order valence-corrected chi connectivity index (χ2v) is 4.69. The SMILES string of the molecule is C=CCCCCCCCC(CCS)C(N)=O. The van der Waals surface area contributed by atoms with Gasteiger partial charge in [-0.1, -0.05) is 31.8 Å². The van der Waals surface area contributed by atoms with Crippen LogP contribution in [0, 0.1) is 5.92 Å². The average molecular weight is 243 g/mol. The number of amides is 1.